The fourth-order valence-corrected chi connectivity index (χ4v) is 3.37. The van der Waals surface area contributed by atoms with Crippen molar-refractivity contribution in [2.45, 2.75) is 25.7 Å². The minimum absolute atomic E-state index is 0.230. The summed E-state index contributed by atoms with van der Waals surface area (Å²) in [6, 6.07) is 15.0. The fraction of sp³-hybridized carbons (Fsp3) is 0.238. The molecule has 3 aromatic rings. The van der Waals surface area contributed by atoms with Crippen molar-refractivity contribution in [2.75, 3.05) is 11.4 Å². The van der Waals surface area contributed by atoms with E-state index in [2.05, 4.69) is 27.0 Å². The molecule has 1 aliphatic heterocycles. The first-order valence-corrected chi connectivity index (χ1v) is 9.01. The zero-order valence-electron chi connectivity index (χ0n) is 15.1. The number of hydrogen-bond donors (Lipinski definition) is 1. The van der Waals surface area contributed by atoms with Crippen LogP contribution >= 0.6 is 0 Å². The monoisotopic (exact) mass is 384 g/mol. The molecule has 0 amide bonds. The number of aromatic nitrogens is 2. The Labute approximate surface area is 160 Å². The Morgan fingerprint density at radius 2 is 1.68 bits per heavy atom. The van der Waals surface area contributed by atoms with Crippen LogP contribution in [0.1, 0.15) is 22.4 Å². The zero-order chi connectivity index (χ0) is 19.7. The number of nitrogens with zero attached hydrogens (tertiary/aromatic N) is 3. The van der Waals surface area contributed by atoms with Crippen molar-refractivity contribution in [3.8, 4) is 11.3 Å². The average Bonchev–Trinajstić information content (AvgIpc) is 2.72. The molecule has 0 saturated carbocycles. The normalized spacial score (nSPS) is 14.1. The fourth-order valence-electron chi connectivity index (χ4n) is 3.37. The molecule has 4 rings (SSSR count). The molecule has 28 heavy (non-hydrogen) atoms. The molecule has 2 aromatic carbocycles. The lowest BCUT2D eigenvalue weighted by atomic mass is 10.0. The van der Waals surface area contributed by atoms with Gasteiger partial charge in [0, 0.05) is 25.2 Å². The summed E-state index contributed by atoms with van der Waals surface area (Å²) in [6.45, 7) is 1.70. The average molecular weight is 384 g/mol. The first-order chi connectivity index (χ1) is 13.4. The van der Waals surface area contributed by atoms with Crippen LogP contribution in [-0.4, -0.2) is 16.5 Å². The molecule has 0 atom stereocenters. The van der Waals surface area contributed by atoms with E-state index in [-0.39, 0.29) is 6.54 Å². The van der Waals surface area contributed by atoms with Gasteiger partial charge in [0.2, 0.25) is 5.95 Å². The number of rotatable bonds is 3. The molecular weight excluding hydrogens is 365 g/mol. The van der Waals surface area contributed by atoms with E-state index in [1.807, 2.05) is 12.1 Å². The second kappa shape index (κ2) is 7.24. The molecule has 1 aliphatic rings. The molecule has 0 radical (unpaired) electrons. The summed E-state index contributed by atoms with van der Waals surface area (Å²) in [5.74, 6) is 0.548. The summed E-state index contributed by atoms with van der Waals surface area (Å²) in [6.07, 6.45) is -3.47. The van der Waals surface area contributed by atoms with Crippen molar-refractivity contribution < 1.29 is 13.2 Å². The van der Waals surface area contributed by atoms with E-state index in [9.17, 15) is 13.2 Å². The first-order valence-electron chi connectivity index (χ1n) is 9.01. The predicted molar refractivity (Wildman–Crippen MR) is 102 cm³/mol. The third-order valence-electron chi connectivity index (χ3n) is 4.90. The Morgan fingerprint density at radius 3 is 2.36 bits per heavy atom. The maximum absolute atomic E-state index is 12.8. The predicted octanol–water partition coefficient (Wildman–Crippen LogP) is 4.18. The van der Waals surface area contributed by atoms with Gasteiger partial charge in [0.1, 0.15) is 0 Å². The van der Waals surface area contributed by atoms with Gasteiger partial charge in [-0.05, 0) is 35.7 Å². The van der Waals surface area contributed by atoms with Crippen LogP contribution in [-0.2, 0) is 25.7 Å². The quantitative estimate of drug-likeness (QED) is 0.736. The van der Waals surface area contributed by atoms with Gasteiger partial charge >= 0.3 is 6.18 Å². The van der Waals surface area contributed by atoms with Gasteiger partial charge in [-0.2, -0.15) is 13.2 Å². The highest BCUT2D eigenvalue weighted by Crippen LogP contribution is 2.31. The Bertz CT molecular complexity index is 984. The van der Waals surface area contributed by atoms with Crippen LogP contribution in [0, 0.1) is 0 Å². The molecule has 7 heteroatoms. The largest absolute Gasteiger partial charge is 0.416 e. The summed E-state index contributed by atoms with van der Waals surface area (Å²) in [7, 11) is 0. The lowest BCUT2D eigenvalue weighted by Gasteiger charge is -2.29. The van der Waals surface area contributed by atoms with E-state index < -0.39 is 11.7 Å². The number of fused-ring (bicyclic) bond motifs is 1. The van der Waals surface area contributed by atoms with Crippen molar-refractivity contribution in [3.63, 3.8) is 0 Å². The van der Waals surface area contributed by atoms with Crippen molar-refractivity contribution in [1.82, 2.24) is 9.97 Å². The number of nitrogens with two attached hydrogens (primary N) is 1. The smallest absolute Gasteiger partial charge is 0.336 e. The number of halogens is 3. The van der Waals surface area contributed by atoms with Gasteiger partial charge in [0.15, 0.2) is 0 Å². The van der Waals surface area contributed by atoms with Crippen molar-refractivity contribution in [1.29, 1.82) is 0 Å². The summed E-state index contributed by atoms with van der Waals surface area (Å²) >= 11 is 0. The van der Waals surface area contributed by atoms with Crippen molar-refractivity contribution in [2.24, 2.45) is 5.73 Å². The third kappa shape index (κ3) is 3.71. The second-order valence-electron chi connectivity index (χ2n) is 6.76. The van der Waals surface area contributed by atoms with Gasteiger partial charge in [-0.1, -0.05) is 36.4 Å². The van der Waals surface area contributed by atoms with Gasteiger partial charge < -0.3 is 10.6 Å². The van der Waals surface area contributed by atoms with E-state index in [1.165, 1.54) is 23.3 Å². The molecule has 1 aromatic heterocycles. The van der Waals surface area contributed by atoms with E-state index in [1.54, 1.807) is 6.07 Å². The highest BCUT2D eigenvalue weighted by molar-refractivity contribution is 5.62. The van der Waals surface area contributed by atoms with E-state index >= 15 is 0 Å². The topological polar surface area (TPSA) is 55.0 Å². The molecule has 0 aliphatic carbocycles. The maximum atomic E-state index is 12.8. The minimum atomic E-state index is -4.36. The van der Waals surface area contributed by atoms with Crippen molar-refractivity contribution >= 4 is 5.95 Å². The number of anilines is 1. The maximum Gasteiger partial charge on any atom is 0.416 e. The van der Waals surface area contributed by atoms with Crippen LogP contribution in [0.2, 0.25) is 0 Å². The van der Waals surface area contributed by atoms with E-state index in [0.717, 1.165) is 25.1 Å². The molecule has 0 fully saturated rings. The molecular formula is C21H19F3N4. The Hall–Kier alpha value is -2.93. The standard InChI is InChI=1S/C21H19F3N4/c22-21(23,24)17-7-5-15(6-8-17)19-11-18(12-25)26-20(27-19)28-10-9-14-3-1-2-4-16(14)13-28/h1-8,11H,9-10,12-13,25H2. The van der Waals surface area contributed by atoms with Gasteiger partial charge in [0.05, 0.1) is 17.0 Å². The molecule has 0 bridgehead atoms. The van der Waals surface area contributed by atoms with Crippen LogP contribution in [0.15, 0.2) is 54.6 Å². The number of alkyl halides is 3. The Balaban J connectivity index is 1.67. The summed E-state index contributed by atoms with van der Waals surface area (Å²) in [5, 5.41) is 0. The van der Waals surface area contributed by atoms with Crippen LogP contribution in [0.4, 0.5) is 19.1 Å². The van der Waals surface area contributed by atoms with Crippen molar-refractivity contribution in [3.05, 3.63) is 77.0 Å². The van der Waals surface area contributed by atoms with Crippen LogP contribution < -0.4 is 10.6 Å². The van der Waals surface area contributed by atoms with E-state index in [0.29, 0.717) is 29.4 Å². The van der Waals surface area contributed by atoms with E-state index in [4.69, 9.17) is 5.73 Å². The van der Waals surface area contributed by atoms with Crippen LogP contribution in [0.5, 0.6) is 0 Å². The van der Waals surface area contributed by atoms with Gasteiger partial charge in [0.25, 0.3) is 0 Å². The SMILES string of the molecule is NCc1cc(-c2ccc(C(F)(F)F)cc2)nc(N2CCc3ccccc3C2)n1. The molecule has 2 N–H and O–H groups in total. The number of hydrogen-bond acceptors (Lipinski definition) is 4. The molecule has 4 nitrogen and oxygen atoms in total. The van der Waals surface area contributed by atoms with Gasteiger partial charge in [-0.3, -0.25) is 0 Å². The minimum Gasteiger partial charge on any atom is -0.336 e. The lowest BCUT2D eigenvalue weighted by Crippen LogP contribution is -2.32. The molecule has 2 heterocycles. The summed E-state index contributed by atoms with van der Waals surface area (Å²) in [5.41, 5.74) is 9.48. The Morgan fingerprint density at radius 1 is 0.964 bits per heavy atom. The third-order valence-corrected chi connectivity index (χ3v) is 4.90. The van der Waals surface area contributed by atoms with Gasteiger partial charge in [-0.15, -0.1) is 0 Å². The molecule has 0 saturated heterocycles. The lowest BCUT2D eigenvalue weighted by molar-refractivity contribution is -0.137. The van der Waals surface area contributed by atoms with Crippen LogP contribution in [0.3, 0.4) is 0 Å². The highest BCUT2D eigenvalue weighted by atomic mass is 19.4. The number of benzene rings is 2. The highest BCUT2D eigenvalue weighted by Gasteiger charge is 2.30. The Kier molecular flexibility index (Phi) is 4.77. The first kappa shape index (κ1) is 18.4. The summed E-state index contributed by atoms with van der Waals surface area (Å²) in [4.78, 5) is 11.2. The molecule has 144 valence electrons. The second-order valence-corrected chi connectivity index (χ2v) is 6.76. The van der Waals surface area contributed by atoms with Crippen LogP contribution in [0.25, 0.3) is 11.3 Å². The zero-order valence-corrected chi connectivity index (χ0v) is 15.1. The summed E-state index contributed by atoms with van der Waals surface area (Å²) < 4.78 is 38.5. The van der Waals surface area contributed by atoms with Gasteiger partial charge in [-0.25, -0.2) is 9.97 Å². The molecule has 0 spiro atoms. The molecule has 0 unspecified atom stereocenters.